The maximum atomic E-state index is 12.0. The standard InChI is InChI=1S/C12H8BrN3O3/c13-9-5-3-7-14-11(9)15-12(17)8-4-1-2-6-10(8)16(18)19/h1-7H,(H,14,15,17). The third-order valence-corrected chi connectivity index (χ3v) is 2.98. The highest BCUT2D eigenvalue weighted by molar-refractivity contribution is 9.10. The number of carbonyl (C=O) groups is 1. The first-order valence-electron chi connectivity index (χ1n) is 5.25. The molecule has 0 spiro atoms. The minimum Gasteiger partial charge on any atom is -0.305 e. The number of halogens is 1. The molecular formula is C12H8BrN3O3. The number of nitro benzene ring substituents is 1. The van der Waals surface area contributed by atoms with Crippen molar-refractivity contribution in [3.63, 3.8) is 0 Å². The van der Waals surface area contributed by atoms with E-state index in [2.05, 4.69) is 26.2 Å². The minimum atomic E-state index is -0.595. The van der Waals surface area contributed by atoms with Gasteiger partial charge in [0.2, 0.25) is 0 Å². The summed E-state index contributed by atoms with van der Waals surface area (Å²) in [6.45, 7) is 0. The number of rotatable bonds is 3. The molecule has 1 N–H and O–H groups in total. The molecule has 0 saturated heterocycles. The van der Waals surface area contributed by atoms with Crippen LogP contribution in [0, 0.1) is 10.1 Å². The van der Waals surface area contributed by atoms with E-state index in [1.165, 1.54) is 24.4 Å². The Hall–Kier alpha value is -2.28. The van der Waals surface area contributed by atoms with E-state index in [1.807, 2.05) is 0 Å². The molecule has 0 radical (unpaired) electrons. The fourth-order valence-corrected chi connectivity index (χ4v) is 1.83. The molecule has 0 unspecified atom stereocenters. The maximum Gasteiger partial charge on any atom is 0.282 e. The first kappa shape index (κ1) is 13.2. The van der Waals surface area contributed by atoms with Crippen LogP contribution in [0.25, 0.3) is 0 Å². The van der Waals surface area contributed by atoms with Crippen molar-refractivity contribution in [2.75, 3.05) is 5.32 Å². The highest BCUT2D eigenvalue weighted by Gasteiger charge is 2.19. The zero-order chi connectivity index (χ0) is 13.8. The van der Waals surface area contributed by atoms with Gasteiger partial charge in [0.25, 0.3) is 11.6 Å². The van der Waals surface area contributed by atoms with Crippen LogP contribution in [-0.4, -0.2) is 15.8 Å². The van der Waals surface area contributed by atoms with E-state index in [0.717, 1.165) is 0 Å². The summed E-state index contributed by atoms with van der Waals surface area (Å²) in [5.41, 5.74) is -0.253. The van der Waals surface area contributed by atoms with Crippen molar-refractivity contribution in [2.24, 2.45) is 0 Å². The van der Waals surface area contributed by atoms with Gasteiger partial charge in [-0.3, -0.25) is 14.9 Å². The summed E-state index contributed by atoms with van der Waals surface area (Å²) in [5, 5.41) is 13.4. The Kier molecular flexibility index (Phi) is 3.86. The van der Waals surface area contributed by atoms with Gasteiger partial charge in [0.15, 0.2) is 0 Å². The Morgan fingerprint density at radius 2 is 2.00 bits per heavy atom. The molecule has 0 saturated carbocycles. The monoisotopic (exact) mass is 321 g/mol. The molecule has 2 aromatic rings. The van der Waals surface area contributed by atoms with Gasteiger partial charge in [-0.15, -0.1) is 0 Å². The van der Waals surface area contributed by atoms with E-state index in [1.54, 1.807) is 18.2 Å². The fourth-order valence-electron chi connectivity index (χ4n) is 1.48. The predicted octanol–water partition coefficient (Wildman–Crippen LogP) is 3.00. The Labute approximate surface area is 116 Å². The molecule has 19 heavy (non-hydrogen) atoms. The van der Waals surface area contributed by atoms with Crippen molar-refractivity contribution in [3.05, 3.63) is 62.7 Å². The molecule has 1 aromatic carbocycles. The second-order valence-electron chi connectivity index (χ2n) is 3.56. The highest BCUT2D eigenvalue weighted by atomic mass is 79.9. The van der Waals surface area contributed by atoms with Crippen molar-refractivity contribution in [2.45, 2.75) is 0 Å². The van der Waals surface area contributed by atoms with Gasteiger partial charge >= 0.3 is 0 Å². The molecule has 0 atom stereocenters. The number of nitrogens with zero attached hydrogens (tertiary/aromatic N) is 2. The van der Waals surface area contributed by atoms with Gasteiger partial charge in [-0.1, -0.05) is 12.1 Å². The van der Waals surface area contributed by atoms with Gasteiger partial charge in [-0.25, -0.2) is 4.98 Å². The van der Waals surface area contributed by atoms with E-state index in [9.17, 15) is 14.9 Å². The maximum absolute atomic E-state index is 12.0. The molecular weight excluding hydrogens is 314 g/mol. The van der Waals surface area contributed by atoms with Crippen LogP contribution in [-0.2, 0) is 0 Å². The SMILES string of the molecule is O=C(Nc1ncccc1Br)c1ccccc1[N+](=O)[O-]. The summed E-state index contributed by atoms with van der Waals surface area (Å²) in [5.74, 6) is -0.266. The second-order valence-corrected chi connectivity index (χ2v) is 4.42. The van der Waals surface area contributed by atoms with Gasteiger partial charge in [0.1, 0.15) is 11.4 Å². The second kappa shape index (κ2) is 5.57. The molecule has 1 aromatic heterocycles. The summed E-state index contributed by atoms with van der Waals surface area (Å²) < 4.78 is 0.599. The smallest absolute Gasteiger partial charge is 0.282 e. The fraction of sp³-hybridized carbons (Fsp3) is 0. The molecule has 6 nitrogen and oxygen atoms in total. The molecule has 0 aliphatic carbocycles. The third-order valence-electron chi connectivity index (χ3n) is 2.34. The molecule has 1 heterocycles. The average molecular weight is 322 g/mol. The first-order chi connectivity index (χ1) is 9.09. The lowest BCUT2D eigenvalue weighted by molar-refractivity contribution is -0.385. The molecule has 0 fully saturated rings. The summed E-state index contributed by atoms with van der Waals surface area (Å²) in [6.07, 6.45) is 1.51. The number of para-hydroxylation sites is 1. The van der Waals surface area contributed by atoms with Crippen LogP contribution in [0.5, 0.6) is 0 Å². The average Bonchev–Trinajstić information content (AvgIpc) is 2.41. The van der Waals surface area contributed by atoms with Crippen molar-refractivity contribution >= 4 is 33.3 Å². The summed E-state index contributed by atoms with van der Waals surface area (Å²) in [4.78, 5) is 26.2. The molecule has 2 rings (SSSR count). The van der Waals surface area contributed by atoms with Gasteiger partial charge in [0, 0.05) is 12.3 Å². The minimum absolute atomic E-state index is 0.00921. The van der Waals surface area contributed by atoms with E-state index < -0.39 is 10.8 Å². The van der Waals surface area contributed by atoms with Crippen molar-refractivity contribution in [1.29, 1.82) is 0 Å². The molecule has 96 valence electrons. The molecule has 0 aliphatic heterocycles. The topological polar surface area (TPSA) is 85.1 Å². The zero-order valence-electron chi connectivity index (χ0n) is 9.54. The van der Waals surface area contributed by atoms with Crippen LogP contribution in [0.3, 0.4) is 0 Å². The number of hydrogen-bond donors (Lipinski definition) is 1. The van der Waals surface area contributed by atoms with E-state index in [0.29, 0.717) is 10.3 Å². The van der Waals surface area contributed by atoms with Crippen LogP contribution >= 0.6 is 15.9 Å². The van der Waals surface area contributed by atoms with Crippen LogP contribution in [0.15, 0.2) is 47.1 Å². The van der Waals surface area contributed by atoms with Crippen LogP contribution < -0.4 is 5.32 Å². The lowest BCUT2D eigenvalue weighted by Crippen LogP contribution is -2.15. The lowest BCUT2D eigenvalue weighted by atomic mass is 10.1. The number of benzene rings is 1. The van der Waals surface area contributed by atoms with E-state index in [-0.39, 0.29) is 11.3 Å². The van der Waals surface area contributed by atoms with Gasteiger partial charge in [-0.05, 0) is 34.1 Å². The molecule has 0 bridgehead atoms. The van der Waals surface area contributed by atoms with Crippen molar-refractivity contribution in [1.82, 2.24) is 4.98 Å². The molecule has 7 heteroatoms. The van der Waals surface area contributed by atoms with Gasteiger partial charge < -0.3 is 5.32 Å². The quantitative estimate of drug-likeness (QED) is 0.695. The first-order valence-corrected chi connectivity index (χ1v) is 6.04. The van der Waals surface area contributed by atoms with Crippen LogP contribution in [0.4, 0.5) is 11.5 Å². The van der Waals surface area contributed by atoms with E-state index in [4.69, 9.17) is 0 Å². The van der Waals surface area contributed by atoms with Gasteiger partial charge in [-0.2, -0.15) is 0 Å². The Balaban J connectivity index is 2.31. The van der Waals surface area contributed by atoms with E-state index >= 15 is 0 Å². The normalized spacial score (nSPS) is 9.95. The largest absolute Gasteiger partial charge is 0.305 e. The Morgan fingerprint density at radius 3 is 2.68 bits per heavy atom. The predicted molar refractivity (Wildman–Crippen MR) is 73.0 cm³/mol. The number of amides is 1. The number of carbonyl (C=O) groups excluding carboxylic acids is 1. The molecule has 0 aliphatic rings. The Bertz CT molecular complexity index is 646. The number of nitro groups is 1. The highest BCUT2D eigenvalue weighted by Crippen LogP contribution is 2.22. The number of hydrogen-bond acceptors (Lipinski definition) is 4. The van der Waals surface area contributed by atoms with Crippen molar-refractivity contribution in [3.8, 4) is 0 Å². The number of aromatic nitrogens is 1. The summed E-state index contributed by atoms with van der Waals surface area (Å²) >= 11 is 3.23. The number of pyridine rings is 1. The third kappa shape index (κ3) is 2.94. The molecule has 1 amide bonds. The van der Waals surface area contributed by atoms with Crippen LogP contribution in [0.2, 0.25) is 0 Å². The Morgan fingerprint density at radius 1 is 1.26 bits per heavy atom. The lowest BCUT2D eigenvalue weighted by Gasteiger charge is -2.06. The van der Waals surface area contributed by atoms with Crippen molar-refractivity contribution < 1.29 is 9.72 Å². The van der Waals surface area contributed by atoms with Gasteiger partial charge in [0.05, 0.1) is 9.40 Å². The van der Waals surface area contributed by atoms with Crippen LogP contribution in [0.1, 0.15) is 10.4 Å². The summed E-state index contributed by atoms with van der Waals surface area (Å²) in [7, 11) is 0. The zero-order valence-corrected chi connectivity index (χ0v) is 11.1. The number of nitrogens with one attached hydrogen (secondary N) is 1. The number of anilines is 1. The summed E-state index contributed by atoms with van der Waals surface area (Å²) in [6, 6.07) is 9.15.